The summed E-state index contributed by atoms with van der Waals surface area (Å²) in [4.78, 5) is 0. The summed E-state index contributed by atoms with van der Waals surface area (Å²) in [5.41, 5.74) is 3.47. The van der Waals surface area contributed by atoms with Crippen LogP contribution in [0.5, 0.6) is 0 Å². The third kappa shape index (κ3) is 7.37. The van der Waals surface area contributed by atoms with Crippen LogP contribution in [0, 0.1) is 0 Å². The minimum absolute atomic E-state index is 0.0977. The Morgan fingerprint density at radius 1 is 0.581 bits per heavy atom. The number of rotatable bonds is 15. The molecule has 43 heavy (non-hydrogen) atoms. The first-order valence-electron chi connectivity index (χ1n) is 14.6. The van der Waals surface area contributed by atoms with Gasteiger partial charge in [-0.3, -0.25) is 0 Å². The van der Waals surface area contributed by atoms with Crippen LogP contribution in [-0.2, 0) is 33.0 Å². The molecule has 0 aliphatic carbocycles. The van der Waals surface area contributed by atoms with Gasteiger partial charge in [0.25, 0.3) is 0 Å². The molecule has 0 aliphatic rings. The van der Waals surface area contributed by atoms with E-state index in [-0.39, 0.29) is 19.6 Å². The van der Waals surface area contributed by atoms with Gasteiger partial charge in [-0.25, -0.2) is 0 Å². The van der Waals surface area contributed by atoms with Crippen molar-refractivity contribution in [1.82, 2.24) is 0 Å². The molecule has 0 spiro atoms. The molecule has 5 aromatic rings. The van der Waals surface area contributed by atoms with Gasteiger partial charge in [-0.1, -0.05) is 158 Å². The van der Waals surface area contributed by atoms with E-state index in [1.807, 2.05) is 152 Å². The molecule has 0 amide bonds. The average Bonchev–Trinajstić information content (AvgIpc) is 3.07. The maximum Gasteiger partial charge on any atom is 0.199 e. The van der Waals surface area contributed by atoms with E-state index >= 15 is 0 Å². The molecule has 4 heteroatoms. The van der Waals surface area contributed by atoms with Crippen LogP contribution >= 0.6 is 0 Å². The highest BCUT2D eigenvalue weighted by Crippen LogP contribution is 2.45. The maximum atomic E-state index is 12.7. The third-order valence-electron chi connectivity index (χ3n) is 7.49. The SMILES string of the molecule is C=CC[C@](O)(OC(c1ccccc1)(c1ccccc1)c1ccccc1)[C@H](COCc1ccccc1)OCc1ccccc1. The van der Waals surface area contributed by atoms with Crippen molar-refractivity contribution in [2.24, 2.45) is 0 Å². The van der Waals surface area contributed by atoms with Gasteiger partial charge in [0.2, 0.25) is 0 Å². The van der Waals surface area contributed by atoms with Gasteiger partial charge < -0.3 is 19.3 Å². The topological polar surface area (TPSA) is 47.9 Å². The summed E-state index contributed by atoms with van der Waals surface area (Å²) in [6.07, 6.45) is 0.918. The number of hydrogen-bond donors (Lipinski definition) is 1. The summed E-state index contributed by atoms with van der Waals surface area (Å²) in [5, 5.41) is 12.7. The van der Waals surface area contributed by atoms with E-state index in [1.165, 1.54) is 0 Å². The predicted molar refractivity (Wildman–Crippen MR) is 171 cm³/mol. The average molecular weight is 571 g/mol. The van der Waals surface area contributed by atoms with Crippen LogP contribution in [0.4, 0.5) is 0 Å². The van der Waals surface area contributed by atoms with E-state index < -0.39 is 17.5 Å². The van der Waals surface area contributed by atoms with E-state index in [4.69, 9.17) is 14.2 Å². The zero-order valence-corrected chi connectivity index (χ0v) is 24.3. The molecule has 0 unspecified atom stereocenters. The smallest absolute Gasteiger partial charge is 0.199 e. The standard InChI is InChI=1S/C39H38O4/c1-2-28-38(40,37(42-30-33-20-10-4-11-21-33)31-41-29-32-18-8-3-9-19-32)43-39(34-22-12-5-13-23-34,35-24-14-6-15-25-35)36-26-16-7-17-27-36/h2-27,37,40H,1,28-31H2/t37-,38-/m0/s1. The minimum atomic E-state index is -1.82. The molecule has 0 aromatic heterocycles. The summed E-state index contributed by atoms with van der Waals surface area (Å²) in [6.45, 7) is 4.73. The van der Waals surface area contributed by atoms with Crippen LogP contribution in [0.3, 0.4) is 0 Å². The highest BCUT2D eigenvalue weighted by Gasteiger charge is 2.49. The van der Waals surface area contributed by atoms with E-state index in [0.29, 0.717) is 6.61 Å². The van der Waals surface area contributed by atoms with Crippen LogP contribution in [-0.4, -0.2) is 23.6 Å². The molecule has 4 nitrogen and oxygen atoms in total. The van der Waals surface area contributed by atoms with Gasteiger partial charge >= 0.3 is 0 Å². The van der Waals surface area contributed by atoms with E-state index in [9.17, 15) is 5.11 Å². The highest BCUT2D eigenvalue weighted by molar-refractivity contribution is 5.47. The lowest BCUT2D eigenvalue weighted by Gasteiger charge is -2.45. The van der Waals surface area contributed by atoms with Crippen molar-refractivity contribution in [3.8, 4) is 0 Å². The minimum Gasteiger partial charge on any atom is -0.374 e. The Morgan fingerprint density at radius 3 is 1.40 bits per heavy atom. The first-order chi connectivity index (χ1) is 21.1. The van der Waals surface area contributed by atoms with Crippen LogP contribution < -0.4 is 0 Å². The zero-order chi connectivity index (χ0) is 29.8. The van der Waals surface area contributed by atoms with Gasteiger partial charge in [0.05, 0.1) is 19.8 Å². The van der Waals surface area contributed by atoms with Gasteiger partial charge in [-0.15, -0.1) is 6.58 Å². The van der Waals surface area contributed by atoms with E-state index in [1.54, 1.807) is 6.08 Å². The van der Waals surface area contributed by atoms with Crippen LogP contribution in [0.2, 0.25) is 0 Å². The molecule has 218 valence electrons. The second kappa shape index (κ2) is 14.7. The van der Waals surface area contributed by atoms with E-state index in [0.717, 1.165) is 27.8 Å². The number of ether oxygens (including phenoxy) is 3. The quantitative estimate of drug-likeness (QED) is 0.0786. The van der Waals surface area contributed by atoms with Gasteiger partial charge in [0.1, 0.15) is 11.7 Å². The van der Waals surface area contributed by atoms with Crippen molar-refractivity contribution in [2.45, 2.75) is 37.1 Å². The molecule has 0 saturated heterocycles. The molecule has 0 fully saturated rings. The number of benzene rings is 5. The lowest BCUT2D eigenvalue weighted by atomic mass is 9.79. The van der Waals surface area contributed by atoms with E-state index in [2.05, 4.69) is 6.58 Å². The first kappa shape index (κ1) is 30.1. The van der Waals surface area contributed by atoms with Crippen molar-refractivity contribution < 1.29 is 19.3 Å². The van der Waals surface area contributed by atoms with Crippen molar-refractivity contribution in [3.63, 3.8) is 0 Å². The van der Waals surface area contributed by atoms with Gasteiger partial charge in [-0.05, 0) is 27.8 Å². The lowest BCUT2D eigenvalue weighted by Crippen LogP contribution is -2.54. The second-order valence-electron chi connectivity index (χ2n) is 10.5. The fraction of sp³-hybridized carbons (Fsp3) is 0.179. The fourth-order valence-corrected chi connectivity index (χ4v) is 5.34. The van der Waals surface area contributed by atoms with Crippen molar-refractivity contribution in [3.05, 3.63) is 192 Å². The Hall–Kier alpha value is -4.32. The molecule has 5 rings (SSSR count). The summed E-state index contributed by atoms with van der Waals surface area (Å²) in [6, 6.07) is 49.9. The zero-order valence-electron chi connectivity index (χ0n) is 24.3. The van der Waals surface area contributed by atoms with Crippen LogP contribution in [0.25, 0.3) is 0 Å². The summed E-state index contributed by atoms with van der Waals surface area (Å²) < 4.78 is 19.8. The van der Waals surface area contributed by atoms with Gasteiger partial charge in [-0.2, -0.15) is 0 Å². The molecule has 2 atom stereocenters. The first-order valence-corrected chi connectivity index (χ1v) is 14.6. The molecule has 0 radical (unpaired) electrons. The third-order valence-corrected chi connectivity index (χ3v) is 7.49. The molecule has 5 aromatic carbocycles. The summed E-state index contributed by atoms with van der Waals surface area (Å²) in [7, 11) is 0. The van der Waals surface area contributed by atoms with Gasteiger partial charge in [0, 0.05) is 6.42 Å². The molecular formula is C39H38O4. The Labute approximate surface area is 254 Å². The normalized spacial score (nSPS) is 13.6. The lowest BCUT2D eigenvalue weighted by molar-refractivity contribution is -0.307. The summed E-state index contributed by atoms with van der Waals surface area (Å²) in [5.74, 6) is -1.82. The van der Waals surface area contributed by atoms with Crippen molar-refractivity contribution in [1.29, 1.82) is 0 Å². The molecule has 0 heterocycles. The number of aliphatic hydroxyl groups is 1. The monoisotopic (exact) mass is 570 g/mol. The predicted octanol–water partition coefficient (Wildman–Crippen LogP) is 8.06. The molecule has 0 saturated carbocycles. The highest BCUT2D eigenvalue weighted by atomic mass is 16.7. The molecule has 0 bridgehead atoms. The van der Waals surface area contributed by atoms with Crippen LogP contribution in [0.1, 0.15) is 34.2 Å². The Bertz CT molecular complexity index is 1410. The van der Waals surface area contributed by atoms with Crippen LogP contribution in [0.15, 0.2) is 164 Å². The van der Waals surface area contributed by atoms with Crippen molar-refractivity contribution >= 4 is 0 Å². The Morgan fingerprint density at radius 2 is 0.977 bits per heavy atom. The fourth-order valence-electron chi connectivity index (χ4n) is 5.34. The molecular weight excluding hydrogens is 532 g/mol. The van der Waals surface area contributed by atoms with Gasteiger partial charge in [0.15, 0.2) is 5.79 Å². The summed E-state index contributed by atoms with van der Waals surface area (Å²) >= 11 is 0. The Kier molecular flexibility index (Phi) is 10.3. The number of hydrogen-bond acceptors (Lipinski definition) is 4. The maximum absolute atomic E-state index is 12.7. The second-order valence-corrected chi connectivity index (χ2v) is 10.5. The Balaban J connectivity index is 1.58. The largest absolute Gasteiger partial charge is 0.374 e. The van der Waals surface area contributed by atoms with Crippen molar-refractivity contribution in [2.75, 3.05) is 6.61 Å². The molecule has 0 aliphatic heterocycles. The molecule has 1 N–H and O–H groups in total.